The Hall–Kier alpha value is -2.70. The van der Waals surface area contributed by atoms with Gasteiger partial charge < -0.3 is 9.64 Å². The summed E-state index contributed by atoms with van der Waals surface area (Å²) < 4.78 is 5.90. The SMILES string of the molecule is O=C(c1ccccc1CN1CCCC1)N1CCOCC(Cc2cccc3[nH]ncc23)C1. The molecule has 1 aromatic heterocycles. The average molecular weight is 419 g/mol. The number of fused-ring (bicyclic) bond motifs is 1. The van der Waals surface area contributed by atoms with Crippen molar-refractivity contribution in [2.45, 2.75) is 25.8 Å². The number of benzene rings is 2. The minimum atomic E-state index is 0.131. The van der Waals surface area contributed by atoms with Crippen LogP contribution >= 0.6 is 0 Å². The van der Waals surface area contributed by atoms with Gasteiger partial charge in [0.15, 0.2) is 0 Å². The number of carbonyl (C=O) groups is 1. The zero-order chi connectivity index (χ0) is 21.0. The van der Waals surface area contributed by atoms with E-state index >= 15 is 0 Å². The van der Waals surface area contributed by atoms with E-state index in [0.29, 0.717) is 26.3 Å². The van der Waals surface area contributed by atoms with Gasteiger partial charge in [-0.2, -0.15) is 5.10 Å². The van der Waals surface area contributed by atoms with Gasteiger partial charge in [0.1, 0.15) is 0 Å². The van der Waals surface area contributed by atoms with Crippen LogP contribution in [0.15, 0.2) is 48.7 Å². The van der Waals surface area contributed by atoms with Crippen molar-refractivity contribution in [3.63, 3.8) is 0 Å². The normalized spacial score (nSPS) is 20.3. The van der Waals surface area contributed by atoms with Crippen LogP contribution in [-0.4, -0.2) is 65.3 Å². The minimum absolute atomic E-state index is 0.131. The van der Waals surface area contributed by atoms with Crippen LogP contribution in [0.3, 0.4) is 0 Å². The van der Waals surface area contributed by atoms with Crippen LogP contribution in [0.1, 0.15) is 34.3 Å². The Morgan fingerprint density at radius 3 is 2.81 bits per heavy atom. The predicted molar refractivity (Wildman–Crippen MR) is 121 cm³/mol. The van der Waals surface area contributed by atoms with Crippen LogP contribution in [-0.2, 0) is 17.7 Å². The summed E-state index contributed by atoms with van der Waals surface area (Å²) in [4.78, 5) is 18.0. The lowest BCUT2D eigenvalue weighted by Crippen LogP contribution is -2.37. The maximum Gasteiger partial charge on any atom is 0.254 e. The number of H-pyrrole nitrogens is 1. The van der Waals surface area contributed by atoms with Crippen LogP contribution in [0.25, 0.3) is 10.9 Å². The molecule has 31 heavy (non-hydrogen) atoms. The van der Waals surface area contributed by atoms with Gasteiger partial charge in [0.05, 0.1) is 24.9 Å². The number of carbonyl (C=O) groups excluding carboxylic acids is 1. The molecular formula is C25H30N4O2. The van der Waals surface area contributed by atoms with Gasteiger partial charge >= 0.3 is 0 Å². The van der Waals surface area contributed by atoms with Gasteiger partial charge in [0.2, 0.25) is 0 Å². The fraction of sp³-hybridized carbons (Fsp3) is 0.440. The Morgan fingerprint density at radius 2 is 1.90 bits per heavy atom. The van der Waals surface area contributed by atoms with E-state index in [0.717, 1.165) is 48.1 Å². The largest absolute Gasteiger partial charge is 0.379 e. The Morgan fingerprint density at radius 1 is 1.06 bits per heavy atom. The van der Waals surface area contributed by atoms with Gasteiger partial charge in [-0.05, 0) is 55.6 Å². The van der Waals surface area contributed by atoms with Crippen LogP contribution in [0.4, 0.5) is 0 Å². The molecule has 5 rings (SSSR count). The fourth-order valence-corrected chi connectivity index (χ4v) is 4.93. The maximum absolute atomic E-state index is 13.6. The van der Waals surface area contributed by atoms with Crippen molar-refractivity contribution in [2.24, 2.45) is 5.92 Å². The number of aromatic amines is 1. The first-order chi connectivity index (χ1) is 15.3. The molecule has 0 aliphatic carbocycles. The molecule has 1 atom stereocenters. The molecule has 6 nitrogen and oxygen atoms in total. The molecule has 2 aliphatic heterocycles. The zero-order valence-electron chi connectivity index (χ0n) is 17.9. The highest BCUT2D eigenvalue weighted by atomic mass is 16.5. The third kappa shape index (κ3) is 4.50. The molecule has 2 aliphatic rings. The van der Waals surface area contributed by atoms with Gasteiger partial charge in [0.25, 0.3) is 5.91 Å². The second kappa shape index (κ2) is 9.20. The summed E-state index contributed by atoms with van der Waals surface area (Å²) in [5.74, 6) is 0.393. The molecule has 0 bridgehead atoms. The Balaban J connectivity index is 1.33. The Kier molecular flexibility index (Phi) is 6.00. The monoisotopic (exact) mass is 418 g/mol. The van der Waals surface area contributed by atoms with E-state index in [1.165, 1.54) is 18.4 Å². The summed E-state index contributed by atoms with van der Waals surface area (Å²) in [6, 6.07) is 14.4. The van der Waals surface area contributed by atoms with Gasteiger partial charge in [-0.3, -0.25) is 14.8 Å². The average Bonchev–Trinajstić information content (AvgIpc) is 3.43. The number of nitrogens with zero attached hydrogens (tertiary/aromatic N) is 3. The van der Waals surface area contributed by atoms with Crippen molar-refractivity contribution < 1.29 is 9.53 Å². The molecule has 0 radical (unpaired) electrons. The number of rotatable bonds is 5. The highest BCUT2D eigenvalue weighted by molar-refractivity contribution is 5.95. The molecule has 6 heteroatoms. The number of ether oxygens (including phenoxy) is 1. The zero-order valence-corrected chi connectivity index (χ0v) is 17.9. The minimum Gasteiger partial charge on any atom is -0.379 e. The first-order valence-corrected chi connectivity index (χ1v) is 11.4. The molecule has 3 aromatic rings. The van der Waals surface area contributed by atoms with E-state index in [-0.39, 0.29) is 11.8 Å². The van der Waals surface area contributed by atoms with Crippen LogP contribution in [0.5, 0.6) is 0 Å². The lowest BCUT2D eigenvalue weighted by Gasteiger charge is -2.25. The van der Waals surface area contributed by atoms with E-state index in [2.05, 4.69) is 33.3 Å². The first-order valence-electron chi connectivity index (χ1n) is 11.4. The standard InChI is InChI=1S/C25H30N4O2/c30-25(22-8-2-1-6-21(22)17-28-10-3-4-11-28)29-12-13-31-18-19(16-29)14-20-7-5-9-24-23(20)15-26-27-24/h1-2,5-9,15,19H,3-4,10-14,16-18H2,(H,26,27). The lowest BCUT2D eigenvalue weighted by atomic mass is 9.96. The maximum atomic E-state index is 13.6. The van der Waals surface area contributed by atoms with Crippen molar-refractivity contribution in [1.29, 1.82) is 0 Å². The van der Waals surface area contributed by atoms with E-state index in [9.17, 15) is 4.79 Å². The molecule has 2 saturated heterocycles. The molecule has 1 N–H and O–H groups in total. The molecular weight excluding hydrogens is 388 g/mol. The van der Waals surface area contributed by atoms with E-state index in [1.54, 1.807) is 0 Å². The number of amides is 1. The number of likely N-dealkylation sites (tertiary alicyclic amines) is 1. The van der Waals surface area contributed by atoms with Crippen LogP contribution in [0, 0.1) is 5.92 Å². The molecule has 2 fully saturated rings. The van der Waals surface area contributed by atoms with Crippen molar-refractivity contribution >= 4 is 16.8 Å². The second-order valence-corrected chi connectivity index (χ2v) is 8.79. The Labute approximate surface area is 183 Å². The van der Waals surface area contributed by atoms with Gasteiger partial charge in [0, 0.05) is 36.5 Å². The fourth-order valence-electron chi connectivity index (χ4n) is 4.93. The van der Waals surface area contributed by atoms with E-state index in [1.807, 2.05) is 35.4 Å². The van der Waals surface area contributed by atoms with Gasteiger partial charge in [-0.1, -0.05) is 30.3 Å². The van der Waals surface area contributed by atoms with Gasteiger partial charge in [-0.25, -0.2) is 0 Å². The van der Waals surface area contributed by atoms with Crippen LogP contribution in [0.2, 0.25) is 0 Å². The summed E-state index contributed by atoms with van der Waals surface area (Å²) >= 11 is 0. The summed E-state index contributed by atoms with van der Waals surface area (Å²) in [6.45, 7) is 5.73. The number of hydrogen-bond acceptors (Lipinski definition) is 4. The Bertz CT molecular complexity index is 1040. The predicted octanol–water partition coefficient (Wildman–Crippen LogP) is 3.49. The molecule has 1 amide bonds. The van der Waals surface area contributed by atoms with Crippen LogP contribution < -0.4 is 0 Å². The first kappa shape index (κ1) is 20.2. The molecule has 3 heterocycles. The quantitative estimate of drug-likeness (QED) is 0.689. The van der Waals surface area contributed by atoms with Crippen molar-refractivity contribution in [3.05, 3.63) is 65.4 Å². The number of hydrogen-bond donors (Lipinski definition) is 1. The van der Waals surface area contributed by atoms with E-state index in [4.69, 9.17) is 4.74 Å². The number of aromatic nitrogens is 2. The molecule has 2 aromatic carbocycles. The van der Waals surface area contributed by atoms with Crippen molar-refractivity contribution in [1.82, 2.24) is 20.0 Å². The molecule has 1 unspecified atom stereocenters. The molecule has 0 spiro atoms. The second-order valence-electron chi connectivity index (χ2n) is 8.79. The smallest absolute Gasteiger partial charge is 0.254 e. The highest BCUT2D eigenvalue weighted by Crippen LogP contribution is 2.23. The summed E-state index contributed by atoms with van der Waals surface area (Å²) in [7, 11) is 0. The summed E-state index contributed by atoms with van der Waals surface area (Å²) in [6.07, 6.45) is 5.27. The summed E-state index contributed by atoms with van der Waals surface area (Å²) in [5, 5.41) is 8.38. The van der Waals surface area contributed by atoms with E-state index < -0.39 is 0 Å². The topological polar surface area (TPSA) is 61.5 Å². The van der Waals surface area contributed by atoms with Crippen molar-refractivity contribution in [2.75, 3.05) is 39.4 Å². The lowest BCUT2D eigenvalue weighted by molar-refractivity contribution is 0.0735. The van der Waals surface area contributed by atoms with Gasteiger partial charge in [-0.15, -0.1) is 0 Å². The third-order valence-electron chi connectivity index (χ3n) is 6.55. The highest BCUT2D eigenvalue weighted by Gasteiger charge is 2.26. The molecule has 0 saturated carbocycles. The molecule has 162 valence electrons. The van der Waals surface area contributed by atoms with Crippen molar-refractivity contribution in [3.8, 4) is 0 Å². The number of nitrogens with one attached hydrogen (secondary N) is 1. The third-order valence-corrected chi connectivity index (χ3v) is 6.55. The summed E-state index contributed by atoms with van der Waals surface area (Å²) in [5.41, 5.74) is 4.28.